The molecule has 18 heavy (non-hydrogen) atoms. The number of amides is 1. The van der Waals surface area contributed by atoms with Crippen molar-refractivity contribution in [2.45, 2.75) is 38.0 Å². The van der Waals surface area contributed by atoms with E-state index in [0.29, 0.717) is 6.54 Å². The molecule has 1 rings (SSSR count). The van der Waals surface area contributed by atoms with E-state index in [1.807, 2.05) is 5.92 Å². The summed E-state index contributed by atoms with van der Waals surface area (Å²) in [5, 5.41) is 8.45. The van der Waals surface area contributed by atoms with Gasteiger partial charge in [0, 0.05) is 38.8 Å². The van der Waals surface area contributed by atoms with Crippen molar-refractivity contribution in [3.05, 3.63) is 0 Å². The van der Waals surface area contributed by atoms with Crippen LogP contribution in [0.3, 0.4) is 0 Å². The first kappa shape index (κ1) is 14.4. The van der Waals surface area contributed by atoms with Crippen molar-refractivity contribution in [3.8, 4) is 11.8 Å². The Kier molecular flexibility index (Phi) is 5.08. The van der Waals surface area contributed by atoms with Crippen LogP contribution in [-0.2, 0) is 9.59 Å². The molecule has 1 N–H and O–H groups in total. The van der Waals surface area contributed by atoms with Gasteiger partial charge in [-0.15, -0.1) is 0 Å². The molecule has 1 aliphatic rings. The summed E-state index contributed by atoms with van der Waals surface area (Å²) in [6.45, 7) is 0.294. The number of hydrogen-bond acceptors (Lipinski definition) is 2. The minimum Gasteiger partial charge on any atom is -0.481 e. The highest BCUT2D eigenvalue weighted by atomic mass is 19.3. The van der Waals surface area contributed by atoms with Crippen LogP contribution in [0, 0.1) is 11.8 Å². The van der Waals surface area contributed by atoms with Crippen LogP contribution in [0.1, 0.15) is 32.1 Å². The molecule has 1 aliphatic heterocycles. The number of carbonyl (C=O) groups is 2. The van der Waals surface area contributed by atoms with Crippen LogP contribution in [0.25, 0.3) is 0 Å². The number of hydrogen-bond donors (Lipinski definition) is 1. The van der Waals surface area contributed by atoms with Crippen LogP contribution >= 0.6 is 0 Å². The van der Waals surface area contributed by atoms with Gasteiger partial charge in [0.25, 0.3) is 0 Å². The van der Waals surface area contributed by atoms with E-state index in [1.54, 1.807) is 0 Å². The molecular formula is C12H15F2NO3. The molecule has 0 saturated heterocycles. The van der Waals surface area contributed by atoms with E-state index < -0.39 is 18.3 Å². The van der Waals surface area contributed by atoms with Crippen molar-refractivity contribution in [1.29, 1.82) is 0 Å². The summed E-state index contributed by atoms with van der Waals surface area (Å²) < 4.78 is 26.1. The summed E-state index contributed by atoms with van der Waals surface area (Å²) >= 11 is 0. The number of aliphatic carboxylic acids is 1. The zero-order valence-corrected chi connectivity index (χ0v) is 9.92. The van der Waals surface area contributed by atoms with E-state index >= 15 is 0 Å². The van der Waals surface area contributed by atoms with Gasteiger partial charge in [0.1, 0.15) is 0 Å². The molecule has 0 saturated carbocycles. The summed E-state index contributed by atoms with van der Waals surface area (Å²) in [7, 11) is 0. The van der Waals surface area contributed by atoms with Gasteiger partial charge >= 0.3 is 11.9 Å². The zero-order chi connectivity index (χ0) is 13.6. The standard InChI is InChI=1S/C12H15F2NO3/c13-12(14)6-1-2-8-15(9-7-12)10(16)4-3-5-11(17)18/h2-5,7-9H2,(H,17,18). The number of rotatable bonds is 4. The minimum atomic E-state index is -3.04. The number of carboxylic acid groups (broad SMARTS) is 1. The molecule has 0 bridgehead atoms. The van der Waals surface area contributed by atoms with Gasteiger partial charge in [0.05, 0.1) is 0 Å². The van der Waals surface area contributed by atoms with E-state index in [2.05, 4.69) is 5.92 Å². The largest absolute Gasteiger partial charge is 0.481 e. The average molecular weight is 259 g/mol. The van der Waals surface area contributed by atoms with Crippen molar-refractivity contribution >= 4 is 11.9 Å². The van der Waals surface area contributed by atoms with Crippen molar-refractivity contribution in [2.75, 3.05) is 13.1 Å². The Balaban J connectivity index is 2.44. The van der Waals surface area contributed by atoms with Gasteiger partial charge in [-0.2, -0.15) is 8.78 Å². The maximum Gasteiger partial charge on any atom is 0.309 e. The average Bonchev–Trinajstić information content (AvgIpc) is 2.24. The lowest BCUT2D eigenvalue weighted by atomic mass is 10.1. The Labute approximate surface area is 104 Å². The Morgan fingerprint density at radius 2 is 2.00 bits per heavy atom. The van der Waals surface area contributed by atoms with Gasteiger partial charge in [0.15, 0.2) is 0 Å². The van der Waals surface area contributed by atoms with E-state index in [9.17, 15) is 18.4 Å². The molecule has 4 nitrogen and oxygen atoms in total. The third-order valence-electron chi connectivity index (χ3n) is 2.61. The van der Waals surface area contributed by atoms with Gasteiger partial charge in [-0.3, -0.25) is 9.59 Å². The fourth-order valence-corrected chi connectivity index (χ4v) is 1.63. The molecule has 0 atom stereocenters. The summed E-state index contributed by atoms with van der Waals surface area (Å²) in [6.07, 6.45) is -0.0293. The lowest BCUT2D eigenvalue weighted by Crippen LogP contribution is -2.36. The summed E-state index contributed by atoms with van der Waals surface area (Å²) in [4.78, 5) is 23.3. The number of halogens is 2. The van der Waals surface area contributed by atoms with Gasteiger partial charge in [-0.1, -0.05) is 5.92 Å². The predicted octanol–water partition coefficient (Wildman–Crippen LogP) is 1.50. The number of alkyl halides is 2. The van der Waals surface area contributed by atoms with E-state index in [1.165, 1.54) is 4.90 Å². The van der Waals surface area contributed by atoms with Crippen molar-refractivity contribution < 1.29 is 23.5 Å². The normalized spacial score (nSPS) is 18.2. The fourth-order valence-electron chi connectivity index (χ4n) is 1.63. The van der Waals surface area contributed by atoms with Crippen LogP contribution in [0.15, 0.2) is 0 Å². The second-order valence-electron chi connectivity index (χ2n) is 4.13. The van der Waals surface area contributed by atoms with Gasteiger partial charge < -0.3 is 10.0 Å². The van der Waals surface area contributed by atoms with E-state index in [4.69, 9.17) is 5.11 Å². The highest BCUT2D eigenvalue weighted by Crippen LogP contribution is 2.19. The summed E-state index contributed by atoms with van der Waals surface area (Å²) in [5.74, 6) is -0.0602. The smallest absolute Gasteiger partial charge is 0.309 e. The van der Waals surface area contributed by atoms with Gasteiger partial charge in [-0.05, 0) is 12.3 Å². The summed E-state index contributed by atoms with van der Waals surface area (Å²) in [6, 6.07) is 0. The minimum absolute atomic E-state index is 0.0341. The third-order valence-corrected chi connectivity index (χ3v) is 2.61. The number of carboxylic acids is 1. The molecular weight excluding hydrogens is 244 g/mol. The Morgan fingerprint density at radius 3 is 2.67 bits per heavy atom. The predicted molar refractivity (Wildman–Crippen MR) is 60.0 cm³/mol. The van der Waals surface area contributed by atoms with Crippen LogP contribution in [0.4, 0.5) is 8.78 Å². The molecule has 100 valence electrons. The first-order valence-corrected chi connectivity index (χ1v) is 5.78. The van der Waals surface area contributed by atoms with Gasteiger partial charge in [0.2, 0.25) is 5.91 Å². The highest BCUT2D eigenvalue weighted by Gasteiger charge is 2.28. The van der Waals surface area contributed by atoms with Crippen molar-refractivity contribution in [1.82, 2.24) is 4.90 Å². The molecule has 0 aromatic carbocycles. The number of nitrogens with zero attached hydrogens (tertiary/aromatic N) is 1. The first-order valence-electron chi connectivity index (χ1n) is 5.78. The molecule has 0 aromatic heterocycles. The lowest BCUT2D eigenvalue weighted by molar-refractivity contribution is -0.137. The van der Waals surface area contributed by atoms with Crippen molar-refractivity contribution in [2.24, 2.45) is 0 Å². The first-order chi connectivity index (χ1) is 8.41. The van der Waals surface area contributed by atoms with Crippen LogP contribution in [0.5, 0.6) is 0 Å². The maximum atomic E-state index is 13.1. The molecule has 1 amide bonds. The summed E-state index contributed by atoms with van der Waals surface area (Å²) in [5.41, 5.74) is 0. The topological polar surface area (TPSA) is 57.6 Å². The molecule has 0 aromatic rings. The third kappa shape index (κ3) is 5.13. The van der Waals surface area contributed by atoms with Crippen molar-refractivity contribution in [3.63, 3.8) is 0 Å². The Morgan fingerprint density at radius 1 is 1.28 bits per heavy atom. The molecule has 0 aliphatic carbocycles. The molecule has 6 heteroatoms. The SMILES string of the molecule is O=C(O)CCCC(=O)N1CCC#CC(F)(F)CC1. The fraction of sp³-hybridized carbons (Fsp3) is 0.667. The Bertz CT molecular complexity index is 385. The second-order valence-corrected chi connectivity index (χ2v) is 4.13. The molecule has 0 unspecified atom stereocenters. The molecule has 0 radical (unpaired) electrons. The van der Waals surface area contributed by atoms with Gasteiger partial charge in [-0.25, -0.2) is 0 Å². The monoisotopic (exact) mass is 259 g/mol. The Hall–Kier alpha value is -1.64. The molecule has 1 heterocycles. The zero-order valence-electron chi connectivity index (χ0n) is 9.92. The quantitative estimate of drug-likeness (QED) is 0.778. The van der Waals surface area contributed by atoms with Crippen LogP contribution in [0.2, 0.25) is 0 Å². The molecule has 0 spiro atoms. The highest BCUT2D eigenvalue weighted by molar-refractivity contribution is 5.77. The van der Waals surface area contributed by atoms with Crippen LogP contribution < -0.4 is 0 Å². The van der Waals surface area contributed by atoms with E-state index in [0.717, 1.165) is 0 Å². The van der Waals surface area contributed by atoms with Crippen LogP contribution in [-0.4, -0.2) is 40.9 Å². The second kappa shape index (κ2) is 6.34. The lowest BCUT2D eigenvalue weighted by Gasteiger charge is -2.24. The number of carbonyl (C=O) groups excluding carboxylic acids is 1. The van der Waals surface area contributed by atoms with E-state index in [-0.39, 0.29) is 38.1 Å². The molecule has 0 fully saturated rings. The maximum absolute atomic E-state index is 13.1.